The van der Waals surface area contributed by atoms with Gasteiger partial charge >= 0.3 is 0 Å². The van der Waals surface area contributed by atoms with Gasteiger partial charge in [0.15, 0.2) is 0 Å². The summed E-state index contributed by atoms with van der Waals surface area (Å²) in [6.07, 6.45) is 3.06. The number of benzene rings is 2. The molecule has 1 amide bonds. The van der Waals surface area contributed by atoms with Crippen LogP contribution in [0.3, 0.4) is 0 Å². The molecule has 0 unspecified atom stereocenters. The molecule has 27 heavy (non-hydrogen) atoms. The Hall–Kier alpha value is -3.09. The zero-order valence-electron chi connectivity index (χ0n) is 15.0. The SMILES string of the molecule is CN(C(=O)Cn1nnc(-c2cccc(F)c2)n1)[C@@H]1CCCc2ccccc21. The van der Waals surface area contributed by atoms with Crippen LogP contribution in [0, 0.1) is 5.82 Å². The van der Waals surface area contributed by atoms with Gasteiger partial charge in [-0.2, -0.15) is 4.80 Å². The molecule has 4 rings (SSSR count). The molecule has 1 aromatic heterocycles. The smallest absolute Gasteiger partial charge is 0.246 e. The molecule has 1 aliphatic carbocycles. The second-order valence-corrected chi connectivity index (χ2v) is 6.77. The first-order chi connectivity index (χ1) is 13.1. The maximum atomic E-state index is 13.4. The molecule has 138 valence electrons. The van der Waals surface area contributed by atoms with Gasteiger partial charge in [-0.25, -0.2) is 4.39 Å². The largest absolute Gasteiger partial charge is 0.337 e. The molecule has 7 heteroatoms. The third-order valence-electron chi connectivity index (χ3n) is 5.01. The highest BCUT2D eigenvalue weighted by molar-refractivity contribution is 5.76. The van der Waals surface area contributed by atoms with E-state index >= 15 is 0 Å². The summed E-state index contributed by atoms with van der Waals surface area (Å²) in [6.45, 7) is -0.00250. The summed E-state index contributed by atoms with van der Waals surface area (Å²) in [5, 5.41) is 12.1. The summed E-state index contributed by atoms with van der Waals surface area (Å²) in [7, 11) is 1.82. The minimum Gasteiger partial charge on any atom is -0.337 e. The molecule has 0 saturated carbocycles. The highest BCUT2D eigenvalue weighted by Gasteiger charge is 2.27. The van der Waals surface area contributed by atoms with Crippen molar-refractivity contribution in [2.45, 2.75) is 31.8 Å². The lowest BCUT2D eigenvalue weighted by Gasteiger charge is -2.33. The van der Waals surface area contributed by atoms with E-state index in [1.807, 2.05) is 19.2 Å². The maximum Gasteiger partial charge on any atom is 0.246 e. The Labute approximate surface area is 156 Å². The van der Waals surface area contributed by atoms with Crippen molar-refractivity contribution in [3.8, 4) is 11.4 Å². The average molecular weight is 365 g/mol. The van der Waals surface area contributed by atoms with E-state index < -0.39 is 0 Å². The molecular weight excluding hydrogens is 345 g/mol. The standard InChI is InChI=1S/C20H20FN5O/c1-25(18-11-5-7-14-6-2-3-10-17(14)18)19(27)13-26-23-20(22-24-26)15-8-4-9-16(21)12-15/h2-4,6,8-10,12,18H,5,7,11,13H2,1H3/t18-/m1/s1. The summed E-state index contributed by atoms with van der Waals surface area (Å²) in [4.78, 5) is 15.8. The van der Waals surface area contributed by atoms with Gasteiger partial charge in [-0.05, 0) is 47.7 Å². The van der Waals surface area contributed by atoms with Gasteiger partial charge in [0, 0.05) is 12.6 Å². The predicted octanol–water partition coefficient (Wildman–Crippen LogP) is 3.02. The third-order valence-corrected chi connectivity index (χ3v) is 5.01. The number of hydrogen-bond donors (Lipinski definition) is 0. The van der Waals surface area contributed by atoms with E-state index in [-0.39, 0.29) is 24.3 Å². The van der Waals surface area contributed by atoms with Crippen LogP contribution in [0.15, 0.2) is 48.5 Å². The fourth-order valence-corrected chi connectivity index (χ4v) is 3.59. The van der Waals surface area contributed by atoms with Crippen LogP contribution in [0.2, 0.25) is 0 Å². The van der Waals surface area contributed by atoms with Gasteiger partial charge in [0.1, 0.15) is 12.4 Å². The first-order valence-electron chi connectivity index (χ1n) is 8.99. The van der Waals surface area contributed by atoms with E-state index in [1.165, 1.54) is 28.1 Å². The Morgan fingerprint density at radius 1 is 1.26 bits per heavy atom. The number of halogens is 1. The molecular formula is C20H20FN5O. The number of carbonyl (C=O) groups is 1. The quantitative estimate of drug-likeness (QED) is 0.713. The molecule has 0 aliphatic heterocycles. The van der Waals surface area contributed by atoms with Crippen LogP contribution in [0.4, 0.5) is 4.39 Å². The lowest BCUT2D eigenvalue weighted by molar-refractivity contribution is -0.133. The summed E-state index contributed by atoms with van der Waals surface area (Å²) in [5.41, 5.74) is 3.05. The summed E-state index contributed by atoms with van der Waals surface area (Å²) >= 11 is 0. The van der Waals surface area contributed by atoms with E-state index in [1.54, 1.807) is 17.0 Å². The number of tetrazole rings is 1. The summed E-state index contributed by atoms with van der Waals surface area (Å²) < 4.78 is 13.4. The minimum atomic E-state index is -0.365. The Morgan fingerprint density at radius 2 is 2.11 bits per heavy atom. The highest BCUT2D eigenvalue weighted by atomic mass is 19.1. The van der Waals surface area contributed by atoms with Gasteiger partial charge in [-0.3, -0.25) is 4.79 Å². The van der Waals surface area contributed by atoms with Gasteiger partial charge in [0.2, 0.25) is 11.7 Å². The van der Waals surface area contributed by atoms with Crippen molar-refractivity contribution in [3.63, 3.8) is 0 Å². The number of aromatic nitrogens is 4. The van der Waals surface area contributed by atoms with Gasteiger partial charge in [-0.1, -0.05) is 36.4 Å². The molecule has 6 nitrogen and oxygen atoms in total. The topological polar surface area (TPSA) is 63.9 Å². The number of amides is 1. The van der Waals surface area contributed by atoms with Crippen molar-refractivity contribution in [1.82, 2.24) is 25.1 Å². The molecule has 1 atom stereocenters. The van der Waals surface area contributed by atoms with Gasteiger partial charge < -0.3 is 4.90 Å². The number of nitrogens with zero attached hydrogens (tertiary/aromatic N) is 5. The number of rotatable bonds is 4. The molecule has 0 N–H and O–H groups in total. The Morgan fingerprint density at radius 3 is 2.96 bits per heavy atom. The lowest BCUT2D eigenvalue weighted by atomic mass is 9.87. The van der Waals surface area contributed by atoms with Crippen molar-refractivity contribution in [2.24, 2.45) is 0 Å². The van der Waals surface area contributed by atoms with Crippen molar-refractivity contribution < 1.29 is 9.18 Å². The number of likely N-dealkylation sites (N-methyl/N-ethyl adjacent to an activating group) is 1. The average Bonchev–Trinajstić information content (AvgIpc) is 3.15. The Balaban J connectivity index is 1.48. The number of fused-ring (bicyclic) bond motifs is 1. The predicted molar refractivity (Wildman–Crippen MR) is 98.1 cm³/mol. The fourth-order valence-electron chi connectivity index (χ4n) is 3.59. The first-order valence-corrected chi connectivity index (χ1v) is 8.99. The molecule has 1 aliphatic rings. The van der Waals surface area contributed by atoms with E-state index in [2.05, 4.69) is 27.5 Å². The maximum absolute atomic E-state index is 13.4. The van der Waals surface area contributed by atoms with Crippen LogP contribution in [0.25, 0.3) is 11.4 Å². The van der Waals surface area contributed by atoms with Crippen LogP contribution in [-0.2, 0) is 17.8 Å². The zero-order valence-corrected chi connectivity index (χ0v) is 15.0. The van der Waals surface area contributed by atoms with Crippen molar-refractivity contribution in [2.75, 3.05) is 7.05 Å². The van der Waals surface area contributed by atoms with Crippen molar-refractivity contribution in [1.29, 1.82) is 0 Å². The minimum absolute atomic E-state index is 0.00250. The number of hydrogen-bond acceptors (Lipinski definition) is 4. The normalized spacial score (nSPS) is 16.0. The van der Waals surface area contributed by atoms with E-state index in [0.717, 1.165) is 19.3 Å². The summed E-state index contributed by atoms with van der Waals surface area (Å²) in [5.74, 6) is -0.150. The molecule has 1 heterocycles. The van der Waals surface area contributed by atoms with Crippen LogP contribution in [0.1, 0.15) is 30.0 Å². The van der Waals surface area contributed by atoms with Gasteiger partial charge in [0.25, 0.3) is 0 Å². The van der Waals surface area contributed by atoms with Gasteiger partial charge in [0.05, 0.1) is 6.04 Å². The first kappa shape index (κ1) is 17.3. The number of aryl methyl sites for hydroxylation is 1. The highest BCUT2D eigenvalue weighted by Crippen LogP contribution is 2.33. The molecule has 0 radical (unpaired) electrons. The summed E-state index contributed by atoms with van der Waals surface area (Å²) in [6, 6.07) is 14.3. The van der Waals surface area contributed by atoms with Crippen LogP contribution < -0.4 is 0 Å². The van der Waals surface area contributed by atoms with Crippen molar-refractivity contribution in [3.05, 3.63) is 65.5 Å². The lowest BCUT2D eigenvalue weighted by Crippen LogP contribution is -2.36. The monoisotopic (exact) mass is 365 g/mol. The molecule has 0 bridgehead atoms. The Kier molecular flexibility index (Phi) is 4.66. The molecule has 0 saturated heterocycles. The number of carbonyl (C=O) groups excluding carboxylic acids is 1. The second-order valence-electron chi connectivity index (χ2n) is 6.77. The molecule has 0 spiro atoms. The Bertz CT molecular complexity index is 970. The molecule has 3 aromatic rings. The third kappa shape index (κ3) is 3.58. The van der Waals surface area contributed by atoms with Crippen LogP contribution >= 0.6 is 0 Å². The van der Waals surface area contributed by atoms with Crippen LogP contribution in [-0.4, -0.2) is 38.1 Å². The molecule has 0 fully saturated rings. The van der Waals surface area contributed by atoms with Crippen LogP contribution in [0.5, 0.6) is 0 Å². The molecule has 2 aromatic carbocycles. The van der Waals surface area contributed by atoms with Crippen molar-refractivity contribution >= 4 is 5.91 Å². The second kappa shape index (κ2) is 7.26. The van der Waals surface area contributed by atoms with E-state index in [0.29, 0.717) is 11.4 Å². The fraction of sp³-hybridized carbons (Fsp3) is 0.300. The van der Waals surface area contributed by atoms with E-state index in [4.69, 9.17) is 0 Å². The van der Waals surface area contributed by atoms with E-state index in [9.17, 15) is 9.18 Å². The van der Waals surface area contributed by atoms with Gasteiger partial charge in [-0.15, -0.1) is 10.2 Å². The zero-order chi connectivity index (χ0) is 18.8.